The lowest BCUT2D eigenvalue weighted by Crippen LogP contribution is -2.41. The molecule has 1 amide bonds. The van der Waals surface area contributed by atoms with Crippen LogP contribution in [0.5, 0.6) is 23.0 Å². The second-order valence-electron chi connectivity index (χ2n) is 8.85. The summed E-state index contributed by atoms with van der Waals surface area (Å²) >= 11 is 0. The molecule has 0 bridgehead atoms. The quantitative estimate of drug-likeness (QED) is 0.303. The number of hydrogen-bond acceptors (Lipinski definition) is 8. The minimum atomic E-state index is -0.939. The molecule has 4 N–H and O–H groups in total. The van der Waals surface area contributed by atoms with Gasteiger partial charge in [0.25, 0.3) is 0 Å². The molecule has 9 heteroatoms. The van der Waals surface area contributed by atoms with Gasteiger partial charge >= 0.3 is 0 Å². The van der Waals surface area contributed by atoms with Crippen molar-refractivity contribution in [3.63, 3.8) is 0 Å². The van der Waals surface area contributed by atoms with Gasteiger partial charge < -0.3 is 34.5 Å². The second kappa shape index (κ2) is 9.87. The predicted octanol–water partition coefficient (Wildman–Crippen LogP) is 3.66. The fraction of sp³-hybridized carbons (Fsp3) is 0.214. The summed E-state index contributed by atoms with van der Waals surface area (Å²) in [6.07, 6.45) is -0.171. The molecule has 5 rings (SSSR count). The fourth-order valence-corrected chi connectivity index (χ4v) is 4.69. The molecule has 1 saturated heterocycles. The standard InChI is InChI=1S/C28H25NO8/c30-18-8-4-7-17(13-18)19(14-22(32)29-9-11-36-12-10-29)23-25(33)27(35)26(34)24-20(31)15-21(37-28(23)24)16-5-2-1-3-6-16/h1-8,13,15,19,30,33-35H,9-12,14H2. The van der Waals surface area contributed by atoms with Crippen molar-refractivity contribution in [1.29, 1.82) is 0 Å². The molecule has 1 aromatic heterocycles. The second-order valence-corrected chi connectivity index (χ2v) is 8.85. The van der Waals surface area contributed by atoms with E-state index in [4.69, 9.17) is 9.15 Å². The summed E-state index contributed by atoms with van der Waals surface area (Å²) in [5.74, 6) is -3.52. The van der Waals surface area contributed by atoms with Crippen LogP contribution in [0.3, 0.4) is 0 Å². The van der Waals surface area contributed by atoms with E-state index in [1.165, 1.54) is 18.2 Å². The van der Waals surface area contributed by atoms with E-state index in [0.29, 0.717) is 37.4 Å². The lowest BCUT2D eigenvalue weighted by molar-refractivity contribution is -0.135. The van der Waals surface area contributed by atoms with Crippen molar-refractivity contribution >= 4 is 16.9 Å². The van der Waals surface area contributed by atoms with Crippen LogP contribution in [-0.2, 0) is 9.53 Å². The van der Waals surface area contributed by atoms with Gasteiger partial charge in [-0.2, -0.15) is 0 Å². The number of rotatable bonds is 5. The number of hydrogen-bond donors (Lipinski definition) is 4. The number of nitrogens with zero attached hydrogens (tertiary/aromatic N) is 1. The summed E-state index contributed by atoms with van der Waals surface area (Å²) in [5.41, 5.74) is 0.173. The van der Waals surface area contributed by atoms with E-state index in [2.05, 4.69) is 0 Å². The highest BCUT2D eigenvalue weighted by Gasteiger charge is 2.32. The molecule has 2 heterocycles. The lowest BCUT2D eigenvalue weighted by Gasteiger charge is -2.29. The number of amides is 1. The van der Waals surface area contributed by atoms with Gasteiger partial charge in [0.1, 0.15) is 22.5 Å². The van der Waals surface area contributed by atoms with Crippen LogP contribution in [0, 0.1) is 0 Å². The molecular weight excluding hydrogens is 478 g/mol. The molecule has 190 valence electrons. The van der Waals surface area contributed by atoms with Crippen LogP contribution < -0.4 is 5.43 Å². The molecular formula is C28H25NO8. The van der Waals surface area contributed by atoms with Crippen molar-refractivity contribution in [3.8, 4) is 34.3 Å². The van der Waals surface area contributed by atoms with E-state index in [0.717, 1.165) is 0 Å². The summed E-state index contributed by atoms with van der Waals surface area (Å²) in [6, 6.07) is 16.1. The molecule has 1 unspecified atom stereocenters. The molecule has 37 heavy (non-hydrogen) atoms. The molecule has 0 spiro atoms. The number of carbonyl (C=O) groups is 1. The van der Waals surface area contributed by atoms with Crippen molar-refractivity contribution in [2.24, 2.45) is 0 Å². The van der Waals surface area contributed by atoms with Crippen molar-refractivity contribution in [1.82, 2.24) is 4.90 Å². The van der Waals surface area contributed by atoms with Gasteiger partial charge in [0, 0.05) is 42.6 Å². The van der Waals surface area contributed by atoms with Crippen LogP contribution in [0.25, 0.3) is 22.3 Å². The van der Waals surface area contributed by atoms with Gasteiger partial charge in [0.15, 0.2) is 16.9 Å². The van der Waals surface area contributed by atoms with Gasteiger partial charge in [0.05, 0.1) is 13.2 Å². The zero-order valence-corrected chi connectivity index (χ0v) is 19.8. The molecule has 3 aromatic carbocycles. The number of phenolic OH excluding ortho intramolecular Hbond substituents is 4. The first-order valence-electron chi connectivity index (χ1n) is 11.8. The monoisotopic (exact) mass is 503 g/mol. The number of benzene rings is 3. The van der Waals surface area contributed by atoms with Crippen LogP contribution in [0.1, 0.15) is 23.5 Å². The summed E-state index contributed by atoms with van der Waals surface area (Å²) in [7, 11) is 0. The number of fused-ring (bicyclic) bond motifs is 1. The van der Waals surface area contributed by atoms with Crippen molar-refractivity contribution < 1.29 is 34.4 Å². The van der Waals surface area contributed by atoms with Crippen LogP contribution in [0.4, 0.5) is 0 Å². The van der Waals surface area contributed by atoms with Crippen molar-refractivity contribution in [2.45, 2.75) is 12.3 Å². The van der Waals surface area contributed by atoms with Crippen LogP contribution in [-0.4, -0.2) is 57.5 Å². The van der Waals surface area contributed by atoms with E-state index < -0.39 is 28.6 Å². The van der Waals surface area contributed by atoms with Crippen LogP contribution in [0.2, 0.25) is 0 Å². The third-order valence-electron chi connectivity index (χ3n) is 6.55. The SMILES string of the molecule is O=C(CC(c1cccc(O)c1)c1c(O)c(O)c(O)c2c(=O)cc(-c3ccccc3)oc12)N1CCOCC1. The minimum absolute atomic E-state index is 0.0487. The van der Waals surface area contributed by atoms with Crippen LogP contribution in [0.15, 0.2) is 69.9 Å². The van der Waals surface area contributed by atoms with E-state index in [1.807, 2.05) is 0 Å². The highest BCUT2D eigenvalue weighted by Crippen LogP contribution is 2.49. The van der Waals surface area contributed by atoms with Gasteiger partial charge in [-0.25, -0.2) is 0 Å². The Morgan fingerprint density at radius 2 is 1.62 bits per heavy atom. The Labute approximate surface area is 211 Å². The highest BCUT2D eigenvalue weighted by molar-refractivity contribution is 5.94. The number of carbonyl (C=O) groups excluding carboxylic acids is 1. The molecule has 4 aromatic rings. The number of phenols is 4. The number of aromatic hydroxyl groups is 4. The Kier molecular flexibility index (Phi) is 6.45. The topological polar surface area (TPSA) is 141 Å². The highest BCUT2D eigenvalue weighted by atomic mass is 16.5. The van der Waals surface area contributed by atoms with E-state index >= 15 is 0 Å². The summed E-state index contributed by atoms with van der Waals surface area (Å²) in [6.45, 7) is 1.58. The molecule has 0 saturated carbocycles. The maximum Gasteiger partial charge on any atom is 0.223 e. The Morgan fingerprint density at radius 1 is 0.892 bits per heavy atom. The minimum Gasteiger partial charge on any atom is -0.508 e. The largest absolute Gasteiger partial charge is 0.508 e. The first kappa shape index (κ1) is 24.2. The Hall–Kier alpha value is -4.50. The average Bonchev–Trinajstić information content (AvgIpc) is 2.92. The average molecular weight is 504 g/mol. The normalized spacial score (nSPS) is 14.5. The zero-order chi connectivity index (χ0) is 26.1. The molecule has 0 aliphatic carbocycles. The van der Waals surface area contributed by atoms with Gasteiger partial charge in [-0.15, -0.1) is 0 Å². The third kappa shape index (κ3) is 4.56. The van der Waals surface area contributed by atoms with Crippen molar-refractivity contribution in [2.75, 3.05) is 26.3 Å². The van der Waals surface area contributed by atoms with Gasteiger partial charge in [0.2, 0.25) is 11.7 Å². The third-order valence-corrected chi connectivity index (χ3v) is 6.55. The molecule has 1 atom stereocenters. The summed E-state index contributed by atoms with van der Waals surface area (Å²) in [4.78, 5) is 28.1. The fourth-order valence-electron chi connectivity index (χ4n) is 4.69. The molecule has 1 fully saturated rings. The smallest absolute Gasteiger partial charge is 0.223 e. The summed E-state index contributed by atoms with van der Waals surface area (Å²) in [5, 5.41) is 42.1. The van der Waals surface area contributed by atoms with E-state index in [-0.39, 0.29) is 40.4 Å². The lowest BCUT2D eigenvalue weighted by atomic mass is 9.85. The zero-order valence-electron chi connectivity index (χ0n) is 19.8. The van der Waals surface area contributed by atoms with Crippen LogP contribution >= 0.6 is 0 Å². The predicted molar refractivity (Wildman–Crippen MR) is 135 cm³/mol. The van der Waals surface area contributed by atoms with E-state index in [1.54, 1.807) is 47.4 Å². The maximum atomic E-state index is 13.3. The maximum absolute atomic E-state index is 13.3. The number of morpholine rings is 1. The van der Waals surface area contributed by atoms with E-state index in [9.17, 15) is 30.0 Å². The Bertz CT molecular complexity index is 1520. The number of ether oxygens (including phenoxy) is 1. The first-order valence-corrected chi connectivity index (χ1v) is 11.8. The molecule has 1 aliphatic heterocycles. The Morgan fingerprint density at radius 3 is 2.32 bits per heavy atom. The molecule has 9 nitrogen and oxygen atoms in total. The molecule has 0 radical (unpaired) electrons. The van der Waals surface area contributed by atoms with Gasteiger partial charge in [-0.1, -0.05) is 42.5 Å². The summed E-state index contributed by atoms with van der Waals surface area (Å²) < 4.78 is 11.4. The first-order chi connectivity index (χ1) is 17.8. The molecule has 1 aliphatic rings. The van der Waals surface area contributed by atoms with Gasteiger partial charge in [-0.05, 0) is 17.7 Å². The van der Waals surface area contributed by atoms with Gasteiger partial charge in [-0.3, -0.25) is 9.59 Å². The van der Waals surface area contributed by atoms with Crippen molar-refractivity contribution in [3.05, 3.63) is 82.0 Å². The Balaban J connectivity index is 1.76.